The van der Waals surface area contributed by atoms with Crippen LogP contribution in [0.3, 0.4) is 0 Å². The van der Waals surface area contributed by atoms with Gasteiger partial charge in [-0.25, -0.2) is 15.0 Å². The zero-order chi connectivity index (χ0) is 37.5. The van der Waals surface area contributed by atoms with Gasteiger partial charge in [-0.15, -0.1) is 11.3 Å². The Balaban J connectivity index is 0.990. The molecular formula is C51H34N4OS. The molecule has 0 fully saturated rings. The van der Waals surface area contributed by atoms with E-state index in [1.54, 1.807) is 0 Å². The fourth-order valence-corrected chi connectivity index (χ4v) is 10.2. The van der Waals surface area contributed by atoms with E-state index < -0.39 is 0 Å². The topological polar surface area (TPSA) is 55.1 Å². The van der Waals surface area contributed by atoms with E-state index in [-0.39, 0.29) is 0 Å². The monoisotopic (exact) mass is 750 g/mol. The molecule has 5 nitrogen and oxygen atoms in total. The second-order valence-electron chi connectivity index (χ2n) is 15.0. The van der Waals surface area contributed by atoms with Gasteiger partial charge in [-0.2, -0.15) is 0 Å². The van der Waals surface area contributed by atoms with Crippen molar-refractivity contribution >= 4 is 64.8 Å². The Morgan fingerprint density at radius 1 is 0.509 bits per heavy atom. The highest BCUT2D eigenvalue weighted by molar-refractivity contribution is 7.25. The molecular weight excluding hydrogens is 717 g/mol. The summed E-state index contributed by atoms with van der Waals surface area (Å²) in [6.45, 7) is 0. The van der Waals surface area contributed by atoms with Crippen LogP contribution in [-0.4, -0.2) is 21.0 Å². The Hall–Kier alpha value is -6.89. The van der Waals surface area contributed by atoms with E-state index in [0.29, 0.717) is 29.4 Å². The number of fused-ring (bicyclic) bond motifs is 9. The summed E-state index contributed by atoms with van der Waals surface area (Å²) < 4.78 is 9.51. The third kappa shape index (κ3) is 5.18. The molecule has 0 saturated carbocycles. The van der Waals surface area contributed by atoms with Gasteiger partial charge >= 0.3 is 0 Å². The SMILES string of the molecule is C1=CC2c3ccccc3N(c3cccc4c3oc3c(-c5ccc6sc7ccc(-c8nc(-c9ccccc9)nc(-c9ccccc9)n8)cc7c6c5)cccc34)C2CC1. The van der Waals surface area contributed by atoms with E-state index in [1.165, 1.54) is 31.4 Å². The molecule has 0 N–H and O–H groups in total. The molecule has 1 aliphatic heterocycles. The molecule has 2 atom stereocenters. The van der Waals surface area contributed by atoms with Crippen molar-refractivity contribution in [2.45, 2.75) is 24.8 Å². The van der Waals surface area contributed by atoms with Crippen LogP contribution in [0.15, 0.2) is 174 Å². The highest BCUT2D eigenvalue weighted by Gasteiger charge is 2.39. The van der Waals surface area contributed by atoms with Crippen LogP contribution in [0.25, 0.3) is 87.4 Å². The van der Waals surface area contributed by atoms with Crippen LogP contribution >= 0.6 is 11.3 Å². The average Bonchev–Trinajstić information content (AvgIpc) is 3.96. The number of hydrogen-bond acceptors (Lipinski definition) is 6. The standard InChI is InChI=1S/C51H34N4OS/c1-3-13-31(14-4-1)49-52-50(32-15-5-2-6-16-32)54-51(53-49)34-26-28-46-41(30-34)40-29-33(25-27-45(40)57-46)35-19-11-20-38-39-21-12-24-44(48(39)56-47(35)38)55-42-22-9-7-17-36(42)37-18-8-10-23-43(37)55/h1-9,11-22,24-30,37,43H,10,23H2. The van der Waals surface area contributed by atoms with Crippen LogP contribution < -0.4 is 4.90 Å². The summed E-state index contributed by atoms with van der Waals surface area (Å²) in [6.07, 6.45) is 6.96. The van der Waals surface area contributed by atoms with Gasteiger partial charge in [0.05, 0.1) is 5.69 Å². The lowest BCUT2D eigenvalue weighted by Crippen LogP contribution is -2.30. The molecule has 4 heterocycles. The third-order valence-corrected chi connectivity index (χ3v) is 12.9. The fourth-order valence-electron chi connectivity index (χ4n) is 9.14. The van der Waals surface area contributed by atoms with Gasteiger partial charge in [0.15, 0.2) is 23.1 Å². The number of thiophene rings is 1. The Morgan fingerprint density at radius 2 is 1.11 bits per heavy atom. The zero-order valence-electron chi connectivity index (χ0n) is 30.8. The number of furan rings is 1. The minimum Gasteiger partial charge on any atom is -0.453 e. The molecule has 0 saturated heterocycles. The maximum Gasteiger partial charge on any atom is 0.164 e. The van der Waals surface area contributed by atoms with Crippen LogP contribution in [0.5, 0.6) is 0 Å². The van der Waals surface area contributed by atoms with Crippen LogP contribution in [0.1, 0.15) is 24.3 Å². The summed E-state index contributed by atoms with van der Waals surface area (Å²) in [6, 6.07) is 56.1. The number of anilines is 2. The third-order valence-electron chi connectivity index (χ3n) is 11.8. The molecule has 0 spiro atoms. The second kappa shape index (κ2) is 12.8. The normalized spacial score (nSPS) is 16.2. The summed E-state index contributed by atoms with van der Waals surface area (Å²) in [4.78, 5) is 17.5. The van der Waals surface area contributed by atoms with Crippen molar-refractivity contribution < 1.29 is 4.42 Å². The maximum atomic E-state index is 7.05. The minimum absolute atomic E-state index is 0.372. The van der Waals surface area contributed by atoms with Gasteiger partial charge in [-0.1, -0.05) is 127 Å². The summed E-state index contributed by atoms with van der Waals surface area (Å²) in [5.41, 5.74) is 10.8. The summed E-state index contributed by atoms with van der Waals surface area (Å²) in [7, 11) is 0. The van der Waals surface area contributed by atoms with Crippen LogP contribution in [0, 0.1) is 0 Å². The number of benzene rings is 7. The first-order valence-electron chi connectivity index (χ1n) is 19.6. The van der Waals surface area contributed by atoms with Crippen molar-refractivity contribution in [2.75, 3.05) is 4.90 Å². The van der Waals surface area contributed by atoms with E-state index in [2.05, 4.69) is 114 Å². The fraction of sp³-hybridized carbons (Fsp3) is 0.0784. The minimum atomic E-state index is 0.372. The van der Waals surface area contributed by atoms with Crippen LogP contribution in [0.4, 0.5) is 11.4 Å². The van der Waals surface area contributed by atoms with Crippen molar-refractivity contribution in [2.24, 2.45) is 0 Å². The first-order valence-corrected chi connectivity index (χ1v) is 20.4. The molecule has 3 aromatic heterocycles. The van der Waals surface area contributed by atoms with Crippen molar-refractivity contribution in [1.29, 1.82) is 0 Å². The number of hydrogen-bond donors (Lipinski definition) is 0. The number of rotatable bonds is 5. The quantitative estimate of drug-likeness (QED) is 0.164. The van der Waals surface area contributed by atoms with E-state index >= 15 is 0 Å². The zero-order valence-corrected chi connectivity index (χ0v) is 31.7. The molecule has 0 amide bonds. The predicted molar refractivity (Wildman–Crippen MR) is 235 cm³/mol. The van der Waals surface area contributed by atoms with E-state index in [1.807, 2.05) is 72.0 Å². The van der Waals surface area contributed by atoms with Crippen molar-refractivity contribution in [3.05, 3.63) is 175 Å². The average molecular weight is 751 g/mol. The lowest BCUT2D eigenvalue weighted by Gasteiger charge is -2.31. The molecule has 0 bridgehead atoms. The van der Waals surface area contributed by atoms with Crippen molar-refractivity contribution in [3.63, 3.8) is 0 Å². The predicted octanol–water partition coefficient (Wildman–Crippen LogP) is 13.8. The Bertz CT molecular complexity index is 3160. The second-order valence-corrected chi connectivity index (χ2v) is 16.1. The van der Waals surface area contributed by atoms with Gasteiger partial charge in [-0.3, -0.25) is 0 Å². The molecule has 1 aliphatic carbocycles. The van der Waals surface area contributed by atoms with Gasteiger partial charge in [0.2, 0.25) is 0 Å². The molecule has 12 rings (SSSR count). The number of aromatic nitrogens is 3. The molecule has 2 aliphatic rings. The molecule has 270 valence electrons. The summed E-state index contributed by atoms with van der Waals surface area (Å²) in [5, 5.41) is 4.66. The lowest BCUT2D eigenvalue weighted by atomic mass is 9.87. The van der Waals surface area contributed by atoms with E-state index in [0.717, 1.165) is 68.3 Å². The Labute approximate surface area is 333 Å². The first kappa shape index (κ1) is 32.4. The van der Waals surface area contributed by atoms with Gasteiger partial charge in [0.1, 0.15) is 5.58 Å². The number of allylic oxidation sites excluding steroid dienone is 1. The smallest absolute Gasteiger partial charge is 0.164 e. The van der Waals surface area contributed by atoms with Gasteiger partial charge in [0.25, 0.3) is 0 Å². The van der Waals surface area contributed by atoms with Gasteiger partial charge < -0.3 is 9.32 Å². The maximum absolute atomic E-state index is 7.05. The number of nitrogens with zero attached hydrogens (tertiary/aromatic N) is 4. The Morgan fingerprint density at radius 3 is 1.84 bits per heavy atom. The Kier molecular flexibility index (Phi) is 7.29. The van der Waals surface area contributed by atoms with E-state index in [4.69, 9.17) is 19.4 Å². The van der Waals surface area contributed by atoms with Crippen molar-refractivity contribution in [1.82, 2.24) is 15.0 Å². The lowest BCUT2D eigenvalue weighted by molar-refractivity contribution is 0.563. The van der Waals surface area contributed by atoms with Crippen LogP contribution in [0.2, 0.25) is 0 Å². The molecule has 2 unspecified atom stereocenters. The molecule has 6 heteroatoms. The summed E-state index contributed by atoms with van der Waals surface area (Å²) >= 11 is 1.81. The highest BCUT2D eigenvalue weighted by atomic mass is 32.1. The summed E-state index contributed by atoms with van der Waals surface area (Å²) in [5.74, 6) is 2.35. The molecule has 7 aromatic carbocycles. The van der Waals surface area contributed by atoms with Gasteiger partial charge in [-0.05, 0) is 66.4 Å². The molecule has 10 aromatic rings. The first-order chi connectivity index (χ1) is 28.2. The van der Waals surface area contributed by atoms with Gasteiger partial charge in [0, 0.05) is 70.8 Å². The number of para-hydroxylation sites is 3. The van der Waals surface area contributed by atoms with E-state index in [9.17, 15) is 0 Å². The highest BCUT2D eigenvalue weighted by Crippen LogP contribution is 2.51. The largest absolute Gasteiger partial charge is 0.453 e. The van der Waals surface area contributed by atoms with Crippen molar-refractivity contribution in [3.8, 4) is 45.3 Å². The molecule has 57 heavy (non-hydrogen) atoms. The molecule has 0 radical (unpaired) electrons. The van der Waals surface area contributed by atoms with Crippen LogP contribution in [-0.2, 0) is 0 Å².